The summed E-state index contributed by atoms with van der Waals surface area (Å²) in [5, 5.41) is 3.12. The monoisotopic (exact) mass is 138 g/mol. The number of amidine groups is 1. The molecule has 4 N–H and O–H groups in total. The summed E-state index contributed by atoms with van der Waals surface area (Å²) in [6.07, 6.45) is 0. The predicted octanol–water partition coefficient (Wildman–Crippen LogP) is -0.0131. The van der Waals surface area contributed by atoms with E-state index in [9.17, 15) is 3.89 Å². The fourth-order valence-corrected chi connectivity index (χ4v) is 0.254. The summed E-state index contributed by atoms with van der Waals surface area (Å²) in [6.45, 7) is 1.49. The van der Waals surface area contributed by atoms with Gasteiger partial charge < -0.3 is 5.84 Å². The van der Waals surface area contributed by atoms with Gasteiger partial charge in [0.05, 0.1) is 0 Å². The molecule has 0 rings (SSSR count). The van der Waals surface area contributed by atoms with Crippen LogP contribution >= 0.6 is 12.3 Å². The number of hydrazine groups is 1. The molecule has 0 aliphatic carbocycles. The van der Waals surface area contributed by atoms with E-state index in [1.807, 2.05) is 0 Å². The molecule has 0 radical (unpaired) electrons. The highest BCUT2D eigenvalue weighted by atomic mass is 32.2. The van der Waals surface area contributed by atoms with E-state index in [0.29, 0.717) is 0 Å². The highest BCUT2D eigenvalue weighted by Crippen LogP contribution is 2.03. The molecule has 0 atom stereocenters. The second kappa shape index (κ2) is 3.50. The van der Waals surface area contributed by atoms with Gasteiger partial charge in [-0.1, -0.05) is 0 Å². The smallest absolute Gasteiger partial charge is 0.182 e. The Morgan fingerprint density at radius 1 is 1.88 bits per heavy atom. The van der Waals surface area contributed by atoms with E-state index in [1.165, 1.54) is 6.92 Å². The molecule has 0 amide bonds. The summed E-state index contributed by atoms with van der Waals surface area (Å²) in [7, 11) is 0. The zero-order chi connectivity index (χ0) is 6.57. The largest absolute Gasteiger partial charge is 0.322 e. The van der Waals surface area contributed by atoms with Crippen LogP contribution in [0.4, 0.5) is 3.89 Å². The van der Waals surface area contributed by atoms with Gasteiger partial charge in [-0.25, -0.2) is 10.3 Å². The molecule has 48 valence electrons. The fraction of sp³-hybridized carbons (Fsp3) is 0.500. The molecule has 0 fully saturated rings. The summed E-state index contributed by atoms with van der Waals surface area (Å²) in [4.78, 5) is 0. The fourth-order valence-electron chi connectivity index (χ4n) is 0.107. The topological polar surface area (TPSA) is 67.6 Å². The molecule has 0 saturated heterocycles. The third kappa shape index (κ3) is 1.99. The Kier molecular flexibility index (Phi) is 3.29. The van der Waals surface area contributed by atoms with Gasteiger partial charge in [0.15, 0.2) is 12.3 Å². The highest BCUT2D eigenvalue weighted by Gasteiger charge is 1.98. The molecule has 0 saturated carbocycles. The van der Waals surface area contributed by atoms with Gasteiger partial charge >= 0.3 is 0 Å². The Bertz CT molecular complexity index is 94.0. The first-order valence-corrected chi connectivity index (χ1v) is 2.47. The minimum absolute atomic E-state index is 0.142. The summed E-state index contributed by atoms with van der Waals surface area (Å²) < 4.78 is 12.1. The van der Waals surface area contributed by atoms with E-state index in [0.717, 1.165) is 4.41 Å². The maximum atomic E-state index is 11.4. The molecule has 0 aromatic heterocycles. The van der Waals surface area contributed by atoms with Gasteiger partial charge in [-0.2, -0.15) is 5.10 Å². The molecule has 0 unspecified atom stereocenters. The Hall–Kier alpha value is -0.490. The van der Waals surface area contributed by atoms with Gasteiger partial charge in [0.25, 0.3) is 0 Å². The van der Waals surface area contributed by atoms with Crippen molar-refractivity contribution in [3.05, 3.63) is 0 Å². The van der Waals surface area contributed by atoms with Crippen LogP contribution in [0, 0.1) is 0 Å². The van der Waals surface area contributed by atoms with Crippen molar-refractivity contribution in [1.82, 2.24) is 4.41 Å². The Balaban J connectivity index is 3.63. The van der Waals surface area contributed by atoms with Crippen LogP contribution in [0.2, 0.25) is 0 Å². The van der Waals surface area contributed by atoms with Gasteiger partial charge in [0, 0.05) is 0 Å². The standard InChI is InChI=1S/C2H7FN4S/c1-2(6-4)7(5)8-3/h4-5H2,1H3/b6-2-. The number of hydrogen-bond donors (Lipinski definition) is 2. The van der Waals surface area contributed by atoms with Crippen LogP contribution in [0.15, 0.2) is 5.10 Å². The second-order valence-electron chi connectivity index (χ2n) is 1.07. The van der Waals surface area contributed by atoms with Crippen molar-refractivity contribution in [3.63, 3.8) is 0 Å². The lowest BCUT2D eigenvalue weighted by Gasteiger charge is -2.07. The normalized spacial score (nSPS) is 11.6. The predicted molar refractivity (Wildman–Crippen MR) is 32.0 cm³/mol. The Labute approximate surface area is 51.1 Å². The van der Waals surface area contributed by atoms with E-state index in [1.54, 1.807) is 0 Å². The van der Waals surface area contributed by atoms with Gasteiger partial charge in [0.1, 0.15) is 5.84 Å². The molecular weight excluding hydrogens is 131 g/mol. The van der Waals surface area contributed by atoms with Crippen LogP contribution in [0.25, 0.3) is 0 Å². The zero-order valence-electron chi connectivity index (χ0n) is 4.34. The lowest BCUT2D eigenvalue weighted by molar-refractivity contribution is 0.685. The molecular formula is C2H7FN4S. The zero-order valence-corrected chi connectivity index (χ0v) is 5.15. The van der Waals surface area contributed by atoms with Crippen molar-refractivity contribution in [3.8, 4) is 0 Å². The lowest BCUT2D eigenvalue weighted by atomic mass is 10.7. The molecule has 0 aromatic carbocycles. The lowest BCUT2D eigenvalue weighted by Crippen LogP contribution is -2.28. The quantitative estimate of drug-likeness (QED) is 0.176. The van der Waals surface area contributed by atoms with Crippen LogP contribution in [0.1, 0.15) is 6.92 Å². The molecule has 4 nitrogen and oxygen atoms in total. The summed E-state index contributed by atoms with van der Waals surface area (Å²) in [6, 6.07) is 0. The molecule has 0 aliphatic heterocycles. The van der Waals surface area contributed by atoms with E-state index in [4.69, 9.17) is 11.7 Å². The maximum absolute atomic E-state index is 11.4. The molecule has 0 heterocycles. The number of nitrogens with zero attached hydrogens (tertiary/aromatic N) is 2. The van der Waals surface area contributed by atoms with Crippen LogP contribution < -0.4 is 11.7 Å². The summed E-state index contributed by atoms with van der Waals surface area (Å²) in [5.74, 6) is 9.91. The van der Waals surface area contributed by atoms with Gasteiger partial charge in [-0.3, -0.25) is 0 Å². The number of halogens is 1. The number of rotatable bonds is 1. The molecule has 0 spiro atoms. The molecule has 0 bridgehead atoms. The average Bonchev–Trinajstić information content (AvgIpc) is 1.84. The Morgan fingerprint density at radius 2 is 2.38 bits per heavy atom. The van der Waals surface area contributed by atoms with Crippen LogP contribution in [0.3, 0.4) is 0 Å². The van der Waals surface area contributed by atoms with E-state index in [2.05, 4.69) is 5.10 Å². The van der Waals surface area contributed by atoms with Crippen molar-refractivity contribution in [2.75, 3.05) is 0 Å². The van der Waals surface area contributed by atoms with Crippen molar-refractivity contribution in [2.45, 2.75) is 6.92 Å². The average molecular weight is 138 g/mol. The third-order valence-corrected chi connectivity index (χ3v) is 0.993. The molecule has 0 aliphatic rings. The van der Waals surface area contributed by atoms with Crippen LogP contribution in [-0.2, 0) is 0 Å². The highest BCUT2D eigenvalue weighted by molar-refractivity contribution is 7.92. The second-order valence-corrected chi connectivity index (χ2v) is 1.60. The Morgan fingerprint density at radius 3 is 2.50 bits per heavy atom. The molecule has 8 heavy (non-hydrogen) atoms. The first-order chi connectivity index (χ1) is 3.72. The third-order valence-electron chi connectivity index (χ3n) is 0.580. The minimum atomic E-state index is -0.142. The first kappa shape index (κ1) is 7.51. The van der Waals surface area contributed by atoms with Gasteiger partial charge in [-0.05, 0) is 6.92 Å². The number of nitrogens with two attached hydrogens (primary N) is 2. The first-order valence-electron chi connectivity index (χ1n) is 1.80. The maximum Gasteiger partial charge on any atom is 0.182 e. The van der Waals surface area contributed by atoms with E-state index >= 15 is 0 Å². The molecule has 6 heteroatoms. The number of hydrogen-bond acceptors (Lipinski definition) is 4. The van der Waals surface area contributed by atoms with Crippen LogP contribution in [-0.4, -0.2) is 10.2 Å². The SMILES string of the molecule is C/C(=N/N)N(N)SF. The van der Waals surface area contributed by atoms with Gasteiger partial charge in [-0.15, -0.1) is 3.89 Å². The minimum Gasteiger partial charge on any atom is -0.322 e. The molecule has 0 aromatic rings. The van der Waals surface area contributed by atoms with Gasteiger partial charge in [0.2, 0.25) is 0 Å². The van der Waals surface area contributed by atoms with E-state index in [-0.39, 0.29) is 18.2 Å². The van der Waals surface area contributed by atoms with Crippen molar-refractivity contribution in [2.24, 2.45) is 16.8 Å². The van der Waals surface area contributed by atoms with Crippen LogP contribution in [0.5, 0.6) is 0 Å². The van der Waals surface area contributed by atoms with E-state index < -0.39 is 0 Å². The van der Waals surface area contributed by atoms with Crippen molar-refractivity contribution in [1.29, 1.82) is 0 Å². The summed E-state index contributed by atoms with van der Waals surface area (Å²) >= 11 is -0.142. The number of hydrazone groups is 1. The summed E-state index contributed by atoms with van der Waals surface area (Å²) in [5.41, 5.74) is 0. The van der Waals surface area contributed by atoms with Crippen molar-refractivity contribution < 1.29 is 3.89 Å². The van der Waals surface area contributed by atoms with Crippen molar-refractivity contribution >= 4 is 18.2 Å².